The van der Waals surface area contributed by atoms with Gasteiger partial charge in [-0.25, -0.2) is 4.68 Å². The standard InChI is InChI=1S/C15H21N5OS/c1-10-8-16-13(11(2)14(10)21-3)9-22-15-17-18-19-20(15)12-6-4-5-7-12/h8,12H,4-7,9H2,1-3H3. The predicted octanol–water partition coefficient (Wildman–Crippen LogP) is 3.10. The highest BCUT2D eigenvalue weighted by Crippen LogP contribution is 2.33. The van der Waals surface area contributed by atoms with Crippen molar-refractivity contribution >= 4 is 11.8 Å². The maximum absolute atomic E-state index is 5.46. The van der Waals surface area contributed by atoms with Gasteiger partial charge in [-0.05, 0) is 37.1 Å². The highest BCUT2D eigenvalue weighted by Gasteiger charge is 2.22. The molecule has 1 aliphatic carbocycles. The van der Waals surface area contributed by atoms with Crippen LogP contribution >= 0.6 is 11.8 Å². The third kappa shape index (κ3) is 2.95. The Kier molecular flexibility index (Phi) is 4.61. The van der Waals surface area contributed by atoms with Crippen molar-refractivity contribution < 1.29 is 4.74 Å². The molecule has 0 aliphatic heterocycles. The van der Waals surface area contributed by atoms with Crippen molar-refractivity contribution in [1.82, 2.24) is 25.2 Å². The molecular formula is C15H21N5OS. The Morgan fingerprint density at radius 2 is 2.09 bits per heavy atom. The number of hydrogen-bond donors (Lipinski definition) is 0. The van der Waals surface area contributed by atoms with Crippen LogP contribution in [-0.2, 0) is 5.75 Å². The van der Waals surface area contributed by atoms with Crippen LogP contribution in [0.2, 0.25) is 0 Å². The summed E-state index contributed by atoms with van der Waals surface area (Å²) in [5.74, 6) is 1.66. The first-order chi connectivity index (χ1) is 10.7. The monoisotopic (exact) mass is 319 g/mol. The van der Waals surface area contributed by atoms with Crippen molar-refractivity contribution in [2.45, 2.75) is 56.5 Å². The number of thioether (sulfide) groups is 1. The number of hydrogen-bond acceptors (Lipinski definition) is 6. The summed E-state index contributed by atoms with van der Waals surface area (Å²) in [7, 11) is 1.70. The summed E-state index contributed by atoms with van der Waals surface area (Å²) in [6.45, 7) is 4.06. The molecule has 0 bridgehead atoms. The average Bonchev–Trinajstić information content (AvgIpc) is 3.17. The third-order valence-electron chi connectivity index (χ3n) is 4.22. The molecule has 22 heavy (non-hydrogen) atoms. The number of rotatable bonds is 5. The van der Waals surface area contributed by atoms with Gasteiger partial charge in [-0.3, -0.25) is 4.98 Å². The molecule has 0 radical (unpaired) electrons. The van der Waals surface area contributed by atoms with Crippen LogP contribution in [0, 0.1) is 13.8 Å². The van der Waals surface area contributed by atoms with Crippen molar-refractivity contribution in [2.75, 3.05) is 7.11 Å². The van der Waals surface area contributed by atoms with Gasteiger partial charge in [0.15, 0.2) is 0 Å². The first-order valence-electron chi connectivity index (χ1n) is 7.60. The first-order valence-corrected chi connectivity index (χ1v) is 8.59. The molecule has 0 spiro atoms. The number of ether oxygens (including phenoxy) is 1. The van der Waals surface area contributed by atoms with Crippen LogP contribution in [-0.4, -0.2) is 32.3 Å². The Labute approximate surface area is 134 Å². The summed E-state index contributed by atoms with van der Waals surface area (Å²) in [5.41, 5.74) is 3.17. The van der Waals surface area contributed by atoms with Crippen molar-refractivity contribution in [1.29, 1.82) is 0 Å². The van der Waals surface area contributed by atoms with E-state index in [1.807, 2.05) is 17.8 Å². The SMILES string of the molecule is COc1c(C)cnc(CSc2nnnn2C2CCCC2)c1C. The number of tetrazole rings is 1. The van der Waals surface area contributed by atoms with E-state index in [-0.39, 0.29) is 0 Å². The highest BCUT2D eigenvalue weighted by atomic mass is 32.2. The van der Waals surface area contributed by atoms with Gasteiger partial charge in [0, 0.05) is 23.1 Å². The molecule has 7 heteroatoms. The van der Waals surface area contributed by atoms with E-state index < -0.39 is 0 Å². The lowest BCUT2D eigenvalue weighted by molar-refractivity contribution is 0.407. The molecule has 3 rings (SSSR count). The van der Waals surface area contributed by atoms with Gasteiger partial charge in [0.2, 0.25) is 5.16 Å². The van der Waals surface area contributed by atoms with Crippen molar-refractivity contribution in [3.8, 4) is 5.75 Å². The molecule has 0 amide bonds. The largest absolute Gasteiger partial charge is 0.496 e. The van der Waals surface area contributed by atoms with E-state index in [1.54, 1.807) is 18.9 Å². The van der Waals surface area contributed by atoms with E-state index in [4.69, 9.17) is 4.74 Å². The minimum Gasteiger partial charge on any atom is -0.496 e. The van der Waals surface area contributed by atoms with Crippen LogP contribution in [0.15, 0.2) is 11.4 Å². The zero-order valence-electron chi connectivity index (χ0n) is 13.2. The predicted molar refractivity (Wildman–Crippen MR) is 85.1 cm³/mol. The zero-order chi connectivity index (χ0) is 15.5. The molecule has 2 heterocycles. The van der Waals surface area contributed by atoms with Gasteiger partial charge in [0.1, 0.15) is 5.75 Å². The second-order valence-corrected chi connectivity index (χ2v) is 6.62. The molecular weight excluding hydrogens is 298 g/mol. The molecule has 6 nitrogen and oxygen atoms in total. The minimum absolute atomic E-state index is 0.458. The Balaban J connectivity index is 1.75. The minimum atomic E-state index is 0.458. The molecule has 1 fully saturated rings. The highest BCUT2D eigenvalue weighted by molar-refractivity contribution is 7.98. The van der Waals surface area contributed by atoms with Crippen molar-refractivity contribution in [3.05, 3.63) is 23.0 Å². The fourth-order valence-corrected chi connectivity index (χ4v) is 3.98. The summed E-state index contributed by atoms with van der Waals surface area (Å²) in [4.78, 5) is 4.53. The first kappa shape index (κ1) is 15.3. The van der Waals surface area contributed by atoms with Crippen LogP contribution in [0.1, 0.15) is 48.5 Å². The topological polar surface area (TPSA) is 65.7 Å². The number of pyridine rings is 1. The number of aromatic nitrogens is 5. The van der Waals surface area contributed by atoms with Crippen LogP contribution < -0.4 is 4.74 Å². The van der Waals surface area contributed by atoms with E-state index in [1.165, 1.54) is 25.7 Å². The summed E-state index contributed by atoms with van der Waals surface area (Å²) < 4.78 is 7.45. The van der Waals surface area contributed by atoms with Gasteiger partial charge in [0.25, 0.3) is 0 Å². The molecule has 2 aromatic heterocycles. The molecule has 118 valence electrons. The Bertz CT molecular complexity index is 651. The van der Waals surface area contributed by atoms with Gasteiger partial charge in [-0.2, -0.15) is 0 Å². The molecule has 0 atom stereocenters. The van der Waals surface area contributed by atoms with E-state index in [0.717, 1.165) is 33.5 Å². The molecule has 0 aromatic carbocycles. The lowest BCUT2D eigenvalue weighted by Gasteiger charge is -2.13. The molecule has 0 saturated heterocycles. The fourth-order valence-electron chi connectivity index (χ4n) is 3.01. The van der Waals surface area contributed by atoms with Gasteiger partial charge in [-0.1, -0.05) is 24.6 Å². The second-order valence-electron chi connectivity index (χ2n) is 5.68. The van der Waals surface area contributed by atoms with Crippen LogP contribution in [0.25, 0.3) is 0 Å². The average molecular weight is 319 g/mol. The van der Waals surface area contributed by atoms with E-state index >= 15 is 0 Å². The van der Waals surface area contributed by atoms with Crippen LogP contribution in [0.3, 0.4) is 0 Å². The zero-order valence-corrected chi connectivity index (χ0v) is 14.1. The number of methoxy groups -OCH3 is 1. The second kappa shape index (κ2) is 6.64. The van der Waals surface area contributed by atoms with Gasteiger partial charge >= 0.3 is 0 Å². The molecule has 1 aliphatic rings. The van der Waals surface area contributed by atoms with Gasteiger partial charge in [-0.15, -0.1) is 5.10 Å². The number of aryl methyl sites for hydroxylation is 1. The Morgan fingerprint density at radius 1 is 1.32 bits per heavy atom. The normalized spacial score (nSPS) is 15.4. The summed E-state index contributed by atoms with van der Waals surface area (Å²) in [6.07, 6.45) is 6.75. The van der Waals surface area contributed by atoms with E-state index in [9.17, 15) is 0 Å². The Morgan fingerprint density at radius 3 is 2.82 bits per heavy atom. The molecule has 1 saturated carbocycles. The molecule has 0 N–H and O–H groups in total. The summed E-state index contributed by atoms with van der Waals surface area (Å²) in [6, 6.07) is 0.458. The molecule has 0 unspecified atom stereocenters. The molecule has 2 aromatic rings. The maximum Gasteiger partial charge on any atom is 0.209 e. The van der Waals surface area contributed by atoms with Gasteiger partial charge in [0.05, 0.1) is 18.8 Å². The smallest absolute Gasteiger partial charge is 0.209 e. The van der Waals surface area contributed by atoms with Crippen molar-refractivity contribution in [3.63, 3.8) is 0 Å². The quantitative estimate of drug-likeness (QED) is 0.789. The summed E-state index contributed by atoms with van der Waals surface area (Å²) >= 11 is 1.64. The lowest BCUT2D eigenvalue weighted by Crippen LogP contribution is -2.08. The summed E-state index contributed by atoms with van der Waals surface area (Å²) in [5, 5.41) is 13.1. The van der Waals surface area contributed by atoms with Gasteiger partial charge < -0.3 is 4.74 Å². The van der Waals surface area contributed by atoms with E-state index in [2.05, 4.69) is 27.4 Å². The van der Waals surface area contributed by atoms with E-state index in [0.29, 0.717) is 6.04 Å². The fraction of sp³-hybridized carbons (Fsp3) is 0.600. The van der Waals surface area contributed by atoms with Crippen LogP contribution in [0.5, 0.6) is 5.75 Å². The Hall–Kier alpha value is -1.63. The number of nitrogens with zero attached hydrogens (tertiary/aromatic N) is 5. The maximum atomic E-state index is 5.46. The van der Waals surface area contributed by atoms with Crippen molar-refractivity contribution in [2.24, 2.45) is 0 Å². The van der Waals surface area contributed by atoms with Crippen LogP contribution in [0.4, 0.5) is 0 Å². The lowest BCUT2D eigenvalue weighted by atomic mass is 10.1. The third-order valence-corrected chi connectivity index (χ3v) is 5.17.